The minimum atomic E-state index is -0.655. The van der Waals surface area contributed by atoms with Crippen LogP contribution in [0, 0.1) is 0 Å². The van der Waals surface area contributed by atoms with Crippen molar-refractivity contribution in [2.45, 2.75) is 6.54 Å². The van der Waals surface area contributed by atoms with E-state index in [-0.39, 0.29) is 6.54 Å². The number of thiol groups is 1. The molecule has 0 aliphatic rings. The van der Waals surface area contributed by atoms with Crippen LogP contribution < -0.4 is 5.32 Å². The molecular formula is C3H5N5O2S. The second-order valence-electron chi connectivity index (χ2n) is 1.56. The first kappa shape index (κ1) is 7.79. The van der Waals surface area contributed by atoms with Crippen LogP contribution in [0.25, 0.3) is 0 Å². The zero-order chi connectivity index (χ0) is 8.10. The summed E-state index contributed by atoms with van der Waals surface area (Å²) < 4.78 is 4.01. The average Bonchev–Trinajstić information content (AvgIpc) is 2.52. The van der Waals surface area contributed by atoms with Crippen molar-refractivity contribution in [2.24, 2.45) is 0 Å². The van der Waals surface area contributed by atoms with Crippen LogP contribution in [0.15, 0.2) is 0 Å². The summed E-state index contributed by atoms with van der Waals surface area (Å²) in [6.45, 7) is 0.163. The summed E-state index contributed by atoms with van der Waals surface area (Å²) in [4.78, 5) is 10.4. The van der Waals surface area contributed by atoms with E-state index in [1.54, 1.807) is 0 Å². The summed E-state index contributed by atoms with van der Waals surface area (Å²) in [6, 6.07) is 0. The highest BCUT2D eigenvalue weighted by molar-refractivity contribution is 7.75. The van der Waals surface area contributed by atoms with Crippen LogP contribution in [-0.4, -0.2) is 26.7 Å². The average molecular weight is 175 g/mol. The van der Waals surface area contributed by atoms with Crippen molar-refractivity contribution in [3.8, 4) is 0 Å². The molecule has 0 aliphatic heterocycles. The van der Waals surface area contributed by atoms with Gasteiger partial charge in [-0.25, -0.2) is 4.79 Å². The smallest absolute Gasteiger partial charge is 0.378 e. The predicted molar refractivity (Wildman–Crippen MR) is 36.5 cm³/mol. The van der Waals surface area contributed by atoms with E-state index in [0.29, 0.717) is 5.82 Å². The van der Waals surface area contributed by atoms with Crippen LogP contribution in [0.3, 0.4) is 0 Å². The van der Waals surface area contributed by atoms with Crippen molar-refractivity contribution in [2.75, 3.05) is 0 Å². The fourth-order valence-electron chi connectivity index (χ4n) is 0.441. The Labute approximate surface area is 67.1 Å². The molecule has 1 heterocycles. The Kier molecular flexibility index (Phi) is 2.66. The maximum Gasteiger partial charge on any atom is 0.419 e. The molecule has 1 rings (SSSR count). The van der Waals surface area contributed by atoms with Crippen LogP contribution in [0.4, 0.5) is 4.79 Å². The van der Waals surface area contributed by atoms with Gasteiger partial charge >= 0.3 is 6.09 Å². The van der Waals surface area contributed by atoms with Gasteiger partial charge in [-0.3, -0.25) is 0 Å². The number of hydrogen-bond acceptors (Lipinski definition) is 6. The maximum absolute atomic E-state index is 10.4. The van der Waals surface area contributed by atoms with E-state index in [0.717, 1.165) is 0 Å². The predicted octanol–water partition coefficient (Wildman–Crippen LogP) is -0.729. The van der Waals surface area contributed by atoms with Gasteiger partial charge in [0.25, 0.3) is 0 Å². The number of aromatic nitrogens is 4. The second-order valence-corrected chi connectivity index (χ2v) is 1.74. The number of hydrogen-bond donors (Lipinski definition) is 3. The third kappa shape index (κ3) is 2.42. The van der Waals surface area contributed by atoms with Crippen molar-refractivity contribution in [3.05, 3.63) is 5.82 Å². The number of rotatable bonds is 2. The van der Waals surface area contributed by atoms with Crippen LogP contribution >= 0.6 is 12.9 Å². The van der Waals surface area contributed by atoms with E-state index >= 15 is 0 Å². The standard InChI is InChI=1S/C3H5N5O2S/c9-3(10-11)4-1-2-5-7-8-6-2/h11H,1H2,(H,4,9)(H,5,6,7,8). The molecule has 11 heavy (non-hydrogen) atoms. The third-order valence-electron chi connectivity index (χ3n) is 0.863. The molecule has 60 valence electrons. The molecule has 1 amide bonds. The molecule has 7 nitrogen and oxygen atoms in total. The summed E-state index contributed by atoms with van der Waals surface area (Å²) in [7, 11) is 0. The fourth-order valence-corrected chi connectivity index (χ4v) is 0.505. The van der Waals surface area contributed by atoms with Crippen molar-refractivity contribution in [3.63, 3.8) is 0 Å². The van der Waals surface area contributed by atoms with Gasteiger partial charge in [0.1, 0.15) is 0 Å². The zero-order valence-corrected chi connectivity index (χ0v) is 6.21. The van der Waals surface area contributed by atoms with Crippen molar-refractivity contribution in [1.82, 2.24) is 25.9 Å². The van der Waals surface area contributed by atoms with Gasteiger partial charge in [0.2, 0.25) is 0 Å². The Bertz CT molecular complexity index is 224. The molecule has 0 aromatic carbocycles. The molecular weight excluding hydrogens is 170 g/mol. The summed E-state index contributed by atoms with van der Waals surface area (Å²) in [5.74, 6) is 0.378. The SMILES string of the molecule is O=C(NCc1nn[nH]n1)OS. The quantitative estimate of drug-likeness (QED) is 0.407. The molecule has 1 aromatic heterocycles. The molecule has 0 fully saturated rings. The molecule has 2 N–H and O–H groups in total. The molecule has 0 spiro atoms. The van der Waals surface area contributed by atoms with Gasteiger partial charge in [-0.05, 0) is 0 Å². The van der Waals surface area contributed by atoms with E-state index in [9.17, 15) is 4.79 Å². The van der Waals surface area contributed by atoms with Gasteiger partial charge in [0.15, 0.2) is 5.82 Å². The number of carbonyl (C=O) groups is 1. The summed E-state index contributed by atoms with van der Waals surface area (Å²) in [6.07, 6.45) is -0.655. The molecule has 0 saturated heterocycles. The fraction of sp³-hybridized carbons (Fsp3) is 0.333. The highest BCUT2D eigenvalue weighted by atomic mass is 32.1. The Morgan fingerprint density at radius 3 is 3.18 bits per heavy atom. The minimum Gasteiger partial charge on any atom is -0.378 e. The normalized spacial score (nSPS) is 9.18. The highest BCUT2D eigenvalue weighted by Gasteiger charge is 2.01. The number of carbonyl (C=O) groups excluding carboxylic acids is 1. The van der Waals surface area contributed by atoms with Gasteiger partial charge < -0.3 is 9.50 Å². The van der Waals surface area contributed by atoms with Crippen LogP contribution in [0.2, 0.25) is 0 Å². The molecule has 8 heteroatoms. The van der Waals surface area contributed by atoms with E-state index in [1.807, 2.05) is 0 Å². The van der Waals surface area contributed by atoms with Gasteiger partial charge in [0, 0.05) is 12.9 Å². The highest BCUT2D eigenvalue weighted by Crippen LogP contribution is 1.84. The maximum atomic E-state index is 10.4. The van der Waals surface area contributed by atoms with Crippen molar-refractivity contribution < 1.29 is 8.98 Å². The molecule has 0 bridgehead atoms. The van der Waals surface area contributed by atoms with Crippen LogP contribution in [-0.2, 0) is 10.7 Å². The number of nitrogens with zero attached hydrogens (tertiary/aromatic N) is 3. The minimum absolute atomic E-state index is 0.163. The number of nitrogens with one attached hydrogen (secondary N) is 2. The molecule has 0 atom stereocenters. The molecule has 1 aromatic rings. The van der Waals surface area contributed by atoms with Crippen LogP contribution in [0.1, 0.15) is 5.82 Å². The number of aromatic amines is 1. The molecule has 0 unspecified atom stereocenters. The van der Waals surface area contributed by atoms with Crippen LogP contribution in [0.5, 0.6) is 0 Å². The number of tetrazole rings is 1. The summed E-state index contributed by atoms with van der Waals surface area (Å²) in [5, 5.41) is 15.0. The lowest BCUT2D eigenvalue weighted by atomic mass is 10.6. The first-order valence-electron chi connectivity index (χ1n) is 2.64. The Balaban J connectivity index is 2.29. The number of H-pyrrole nitrogens is 1. The van der Waals surface area contributed by atoms with E-state index < -0.39 is 6.09 Å². The van der Waals surface area contributed by atoms with Gasteiger partial charge in [-0.2, -0.15) is 5.21 Å². The lowest BCUT2D eigenvalue weighted by Gasteiger charge is -1.96. The first-order chi connectivity index (χ1) is 5.33. The van der Waals surface area contributed by atoms with E-state index in [2.05, 4.69) is 43.0 Å². The second kappa shape index (κ2) is 3.76. The monoisotopic (exact) mass is 175 g/mol. The van der Waals surface area contributed by atoms with E-state index in [4.69, 9.17) is 0 Å². The third-order valence-corrected chi connectivity index (χ3v) is 1.03. The number of amides is 1. The Morgan fingerprint density at radius 1 is 1.82 bits per heavy atom. The van der Waals surface area contributed by atoms with Gasteiger partial charge in [-0.1, -0.05) is 5.21 Å². The zero-order valence-electron chi connectivity index (χ0n) is 5.31. The Hall–Kier alpha value is -1.31. The topological polar surface area (TPSA) is 92.8 Å². The first-order valence-corrected chi connectivity index (χ1v) is 3.01. The molecule has 0 aliphatic carbocycles. The van der Waals surface area contributed by atoms with Crippen molar-refractivity contribution >= 4 is 19.0 Å². The molecule has 0 saturated carbocycles. The van der Waals surface area contributed by atoms with E-state index in [1.165, 1.54) is 0 Å². The Morgan fingerprint density at radius 2 is 2.64 bits per heavy atom. The molecule has 0 radical (unpaired) electrons. The van der Waals surface area contributed by atoms with Gasteiger partial charge in [0.05, 0.1) is 6.54 Å². The van der Waals surface area contributed by atoms with Gasteiger partial charge in [-0.15, -0.1) is 10.2 Å². The summed E-state index contributed by atoms with van der Waals surface area (Å²) >= 11 is 3.27. The lowest BCUT2D eigenvalue weighted by molar-refractivity contribution is 0.208. The largest absolute Gasteiger partial charge is 0.419 e. The van der Waals surface area contributed by atoms with Crippen molar-refractivity contribution in [1.29, 1.82) is 0 Å². The lowest BCUT2D eigenvalue weighted by Crippen LogP contribution is -2.21. The summed E-state index contributed by atoms with van der Waals surface area (Å²) in [5.41, 5.74) is 0.